The molecule has 0 saturated heterocycles. The molecule has 0 aliphatic heterocycles. The molecule has 0 rings (SSSR count). The summed E-state index contributed by atoms with van der Waals surface area (Å²) in [4.78, 5) is 0. The molecule has 162 valence electrons. The van der Waals surface area contributed by atoms with E-state index in [4.69, 9.17) is 0 Å². The Balaban J connectivity index is -0.000000308. The van der Waals surface area contributed by atoms with Gasteiger partial charge < -0.3 is 0 Å². The molecule has 0 aromatic heterocycles. The Morgan fingerprint density at radius 2 is 0.308 bits per heavy atom. The SMILES string of the molecule is CCCCCCCC.CCCCCCCC.CCCCCCCCCC. The molecule has 0 nitrogen and oxygen atoms in total. The molecule has 0 aromatic carbocycles. The zero-order chi connectivity index (χ0) is 20.1. The number of unbranched alkanes of at least 4 members (excludes halogenated alkanes) is 17. The van der Waals surface area contributed by atoms with E-state index in [9.17, 15) is 0 Å². The van der Waals surface area contributed by atoms with Gasteiger partial charge >= 0.3 is 0 Å². The Morgan fingerprint density at radius 1 is 0.192 bits per heavy atom. The number of hydrogen-bond donors (Lipinski definition) is 0. The number of rotatable bonds is 17. The van der Waals surface area contributed by atoms with Gasteiger partial charge in [-0.2, -0.15) is 0 Å². The van der Waals surface area contributed by atoms with E-state index in [2.05, 4.69) is 41.5 Å². The van der Waals surface area contributed by atoms with Gasteiger partial charge in [-0.1, -0.05) is 170 Å². The van der Waals surface area contributed by atoms with Crippen molar-refractivity contribution >= 4 is 0 Å². The second-order valence-corrected chi connectivity index (χ2v) is 7.95. The van der Waals surface area contributed by atoms with Crippen LogP contribution in [0.15, 0.2) is 0 Å². The summed E-state index contributed by atoms with van der Waals surface area (Å²) in [6.07, 6.45) is 28.4. The first-order valence-corrected chi connectivity index (χ1v) is 12.7. The number of hydrogen-bond acceptors (Lipinski definition) is 0. The van der Waals surface area contributed by atoms with Gasteiger partial charge in [-0.15, -0.1) is 0 Å². The summed E-state index contributed by atoms with van der Waals surface area (Å²) in [5.41, 5.74) is 0. The predicted molar refractivity (Wildman–Crippen MR) is 126 cm³/mol. The normalized spacial score (nSPS) is 9.92. The van der Waals surface area contributed by atoms with Crippen molar-refractivity contribution in [1.82, 2.24) is 0 Å². The van der Waals surface area contributed by atoms with Crippen molar-refractivity contribution in [2.45, 2.75) is 170 Å². The summed E-state index contributed by atoms with van der Waals surface area (Å²) in [6.45, 7) is 13.6. The summed E-state index contributed by atoms with van der Waals surface area (Å²) in [7, 11) is 0. The Bertz CT molecular complexity index is 141. The van der Waals surface area contributed by atoms with Crippen LogP contribution < -0.4 is 0 Å². The van der Waals surface area contributed by atoms with Gasteiger partial charge in [0.05, 0.1) is 0 Å². The quantitative estimate of drug-likeness (QED) is 0.223. The van der Waals surface area contributed by atoms with Gasteiger partial charge in [-0.05, 0) is 0 Å². The molecule has 0 aromatic rings. The highest BCUT2D eigenvalue weighted by molar-refractivity contribution is 4.43. The summed E-state index contributed by atoms with van der Waals surface area (Å²) in [6, 6.07) is 0. The zero-order valence-corrected chi connectivity index (χ0v) is 20.1. The van der Waals surface area contributed by atoms with Crippen LogP contribution in [0.1, 0.15) is 170 Å². The zero-order valence-electron chi connectivity index (χ0n) is 20.1. The fourth-order valence-corrected chi connectivity index (χ4v) is 2.91. The smallest absolute Gasteiger partial charge is 0.0533 e. The minimum atomic E-state index is 1.36. The molecule has 0 amide bonds. The second-order valence-electron chi connectivity index (χ2n) is 7.95. The topological polar surface area (TPSA) is 0 Å². The van der Waals surface area contributed by atoms with Crippen molar-refractivity contribution in [1.29, 1.82) is 0 Å². The molecule has 0 spiro atoms. The van der Waals surface area contributed by atoms with E-state index >= 15 is 0 Å². The maximum absolute atomic E-state index is 2.27. The Labute approximate surface area is 170 Å². The molecule has 0 saturated carbocycles. The average molecular weight is 371 g/mol. The summed E-state index contributed by atoms with van der Waals surface area (Å²) >= 11 is 0. The van der Waals surface area contributed by atoms with Crippen LogP contribution in [0, 0.1) is 0 Å². The molecule has 26 heavy (non-hydrogen) atoms. The molecule has 0 aliphatic carbocycles. The van der Waals surface area contributed by atoms with Crippen molar-refractivity contribution < 1.29 is 0 Å². The Hall–Kier alpha value is 0. The lowest BCUT2D eigenvalue weighted by Crippen LogP contribution is -1.77. The van der Waals surface area contributed by atoms with Crippen molar-refractivity contribution in [3.8, 4) is 0 Å². The third kappa shape index (κ3) is 43.9. The van der Waals surface area contributed by atoms with Crippen LogP contribution >= 0.6 is 0 Å². The largest absolute Gasteiger partial charge is 0.0654 e. The van der Waals surface area contributed by atoms with Gasteiger partial charge in [0, 0.05) is 0 Å². The van der Waals surface area contributed by atoms with E-state index in [1.54, 1.807) is 0 Å². The van der Waals surface area contributed by atoms with Crippen LogP contribution in [-0.2, 0) is 0 Å². The first kappa shape index (κ1) is 30.7. The van der Waals surface area contributed by atoms with Crippen LogP contribution in [0.25, 0.3) is 0 Å². The molecule has 0 N–H and O–H groups in total. The van der Waals surface area contributed by atoms with E-state index in [-0.39, 0.29) is 0 Å². The van der Waals surface area contributed by atoms with Crippen LogP contribution in [0.2, 0.25) is 0 Å². The van der Waals surface area contributed by atoms with Crippen molar-refractivity contribution in [3.05, 3.63) is 0 Å². The van der Waals surface area contributed by atoms with Crippen molar-refractivity contribution in [2.75, 3.05) is 0 Å². The Kier molecular flexibility index (Phi) is 42.5. The maximum atomic E-state index is 2.27. The molecular weight excluding hydrogens is 312 g/mol. The average Bonchev–Trinajstić information content (AvgIpc) is 2.66. The van der Waals surface area contributed by atoms with Gasteiger partial charge in [0.1, 0.15) is 0 Å². The maximum Gasteiger partial charge on any atom is -0.0533 e. The van der Waals surface area contributed by atoms with E-state index in [0.717, 1.165) is 0 Å². The van der Waals surface area contributed by atoms with Gasteiger partial charge in [0.25, 0.3) is 0 Å². The third-order valence-electron chi connectivity index (χ3n) is 4.87. The molecule has 0 radical (unpaired) electrons. The highest BCUT2D eigenvalue weighted by atomic mass is 13.9. The lowest BCUT2D eigenvalue weighted by Gasteiger charge is -1.97. The highest BCUT2D eigenvalue weighted by Gasteiger charge is 1.87. The van der Waals surface area contributed by atoms with E-state index in [1.165, 1.54) is 128 Å². The minimum absolute atomic E-state index is 1.36. The predicted octanol–water partition coefficient (Wildman–Crippen LogP) is 10.9. The first-order valence-electron chi connectivity index (χ1n) is 12.7. The molecule has 0 bridgehead atoms. The van der Waals surface area contributed by atoms with Crippen molar-refractivity contribution in [3.63, 3.8) is 0 Å². The van der Waals surface area contributed by atoms with E-state index in [1.807, 2.05) is 0 Å². The third-order valence-corrected chi connectivity index (χ3v) is 4.87. The second kappa shape index (κ2) is 36.0. The summed E-state index contributed by atoms with van der Waals surface area (Å²) in [5, 5.41) is 0. The van der Waals surface area contributed by atoms with Gasteiger partial charge in [0.2, 0.25) is 0 Å². The van der Waals surface area contributed by atoms with Gasteiger partial charge in [-0.3, -0.25) is 0 Å². The standard InChI is InChI=1S/C10H22.2C8H18/c1-3-5-7-9-10-8-6-4-2;2*1-3-5-7-8-6-4-2/h3-10H2,1-2H3;2*3-8H2,1-2H3. The molecule has 0 heterocycles. The monoisotopic (exact) mass is 370 g/mol. The lowest BCUT2D eigenvalue weighted by atomic mass is 10.1. The van der Waals surface area contributed by atoms with Crippen molar-refractivity contribution in [2.24, 2.45) is 0 Å². The highest BCUT2D eigenvalue weighted by Crippen LogP contribution is 2.07. The molecule has 0 unspecified atom stereocenters. The van der Waals surface area contributed by atoms with E-state index < -0.39 is 0 Å². The van der Waals surface area contributed by atoms with Crippen LogP contribution in [0.5, 0.6) is 0 Å². The van der Waals surface area contributed by atoms with E-state index in [0.29, 0.717) is 0 Å². The summed E-state index contributed by atoms with van der Waals surface area (Å²) in [5.74, 6) is 0. The first-order chi connectivity index (χ1) is 12.7. The Morgan fingerprint density at radius 3 is 0.423 bits per heavy atom. The molecule has 0 aliphatic rings. The molecular formula is C26H58. The summed E-state index contributed by atoms with van der Waals surface area (Å²) < 4.78 is 0. The molecule has 0 atom stereocenters. The molecule has 0 heteroatoms. The fraction of sp³-hybridized carbons (Fsp3) is 1.00. The van der Waals surface area contributed by atoms with Gasteiger partial charge in [-0.25, -0.2) is 0 Å². The van der Waals surface area contributed by atoms with Gasteiger partial charge in [0.15, 0.2) is 0 Å². The molecule has 0 fully saturated rings. The van der Waals surface area contributed by atoms with Crippen LogP contribution in [0.4, 0.5) is 0 Å². The van der Waals surface area contributed by atoms with Crippen LogP contribution in [-0.4, -0.2) is 0 Å². The lowest BCUT2D eigenvalue weighted by molar-refractivity contribution is 0.585. The minimum Gasteiger partial charge on any atom is -0.0654 e. The fourth-order valence-electron chi connectivity index (χ4n) is 2.91. The van der Waals surface area contributed by atoms with Crippen LogP contribution in [0.3, 0.4) is 0 Å².